The van der Waals surface area contributed by atoms with E-state index in [9.17, 15) is 18.0 Å². The second kappa shape index (κ2) is 6.54. The lowest BCUT2D eigenvalue weighted by atomic mass is 10.0. The Morgan fingerprint density at radius 3 is 2.81 bits per heavy atom. The molecule has 0 aromatic carbocycles. The molecule has 1 amide bonds. The Hall–Kier alpha value is -1.45. The third-order valence-electron chi connectivity index (χ3n) is 3.28. The van der Waals surface area contributed by atoms with Crippen LogP contribution in [0.3, 0.4) is 0 Å². The van der Waals surface area contributed by atoms with E-state index in [4.69, 9.17) is 5.11 Å². The van der Waals surface area contributed by atoms with Crippen LogP contribution in [0.25, 0.3) is 0 Å². The van der Waals surface area contributed by atoms with Gasteiger partial charge in [0.05, 0.1) is 6.54 Å². The number of hydrogen-bond acceptors (Lipinski definition) is 5. The van der Waals surface area contributed by atoms with Crippen LogP contribution in [-0.2, 0) is 19.6 Å². The topological polar surface area (TPSA) is 104 Å². The molecule has 7 nitrogen and oxygen atoms in total. The van der Waals surface area contributed by atoms with Gasteiger partial charge in [-0.1, -0.05) is 6.07 Å². The maximum atomic E-state index is 12.1. The van der Waals surface area contributed by atoms with Crippen LogP contribution in [0.4, 0.5) is 0 Å². The Morgan fingerprint density at radius 1 is 1.43 bits per heavy atom. The van der Waals surface area contributed by atoms with Gasteiger partial charge in [-0.25, -0.2) is 17.9 Å². The number of carbonyl (C=O) groups is 2. The fraction of sp³-hybridized carbons (Fsp3) is 0.500. The van der Waals surface area contributed by atoms with Crippen molar-refractivity contribution in [3.05, 3.63) is 17.5 Å². The molecule has 1 aromatic heterocycles. The normalized spacial score (nSPS) is 19.4. The van der Waals surface area contributed by atoms with Crippen molar-refractivity contribution in [1.82, 2.24) is 9.62 Å². The van der Waals surface area contributed by atoms with Crippen molar-refractivity contribution in [3.63, 3.8) is 0 Å². The Bertz CT molecular complexity index is 612. The second-order valence-electron chi connectivity index (χ2n) is 4.69. The van der Waals surface area contributed by atoms with Gasteiger partial charge in [0.25, 0.3) is 10.0 Å². The molecule has 1 aliphatic rings. The van der Waals surface area contributed by atoms with Crippen molar-refractivity contribution < 1.29 is 23.1 Å². The molecule has 1 aliphatic heterocycles. The zero-order chi connectivity index (χ0) is 15.5. The summed E-state index contributed by atoms with van der Waals surface area (Å²) in [5.74, 6) is -1.56. The number of piperidine rings is 1. The average Bonchev–Trinajstić information content (AvgIpc) is 3.00. The Labute approximate surface area is 126 Å². The van der Waals surface area contributed by atoms with Gasteiger partial charge >= 0.3 is 5.97 Å². The molecule has 1 unspecified atom stereocenters. The first kappa shape index (κ1) is 15.9. The van der Waals surface area contributed by atoms with Crippen LogP contribution in [0.15, 0.2) is 21.7 Å². The van der Waals surface area contributed by atoms with Crippen LogP contribution in [0, 0.1) is 0 Å². The Kier molecular flexibility index (Phi) is 4.96. The molecule has 9 heteroatoms. The molecule has 0 spiro atoms. The SMILES string of the molecule is O=C(O)C1CCCCN1C(=O)CNS(=O)(=O)c1cccs1. The smallest absolute Gasteiger partial charge is 0.326 e. The number of nitrogens with one attached hydrogen (secondary N) is 1. The number of nitrogens with zero attached hydrogens (tertiary/aromatic N) is 1. The Balaban J connectivity index is 1.99. The van der Waals surface area contributed by atoms with Crippen molar-refractivity contribution in [1.29, 1.82) is 0 Å². The van der Waals surface area contributed by atoms with E-state index in [0.717, 1.165) is 24.2 Å². The zero-order valence-electron chi connectivity index (χ0n) is 11.2. The molecule has 1 fully saturated rings. The third kappa shape index (κ3) is 3.80. The third-order valence-corrected chi connectivity index (χ3v) is 6.08. The maximum Gasteiger partial charge on any atom is 0.326 e. The first-order valence-electron chi connectivity index (χ1n) is 6.47. The monoisotopic (exact) mass is 332 g/mol. The van der Waals surface area contributed by atoms with Gasteiger partial charge in [0.2, 0.25) is 5.91 Å². The van der Waals surface area contributed by atoms with Gasteiger partial charge in [0.15, 0.2) is 0 Å². The van der Waals surface area contributed by atoms with Crippen LogP contribution in [0.2, 0.25) is 0 Å². The fourth-order valence-corrected chi connectivity index (χ4v) is 4.24. The summed E-state index contributed by atoms with van der Waals surface area (Å²) in [7, 11) is -3.71. The van der Waals surface area contributed by atoms with E-state index in [1.165, 1.54) is 11.0 Å². The molecular weight excluding hydrogens is 316 g/mol. The number of carboxylic acids is 1. The maximum absolute atomic E-state index is 12.1. The molecule has 116 valence electrons. The summed E-state index contributed by atoms with van der Waals surface area (Å²) in [5.41, 5.74) is 0. The molecule has 2 heterocycles. The van der Waals surface area contributed by atoms with Gasteiger partial charge in [-0.2, -0.15) is 0 Å². The summed E-state index contributed by atoms with van der Waals surface area (Å²) in [6, 6.07) is 2.18. The molecular formula is C12H16N2O5S2. The molecule has 1 saturated heterocycles. The minimum Gasteiger partial charge on any atom is -0.480 e. The van der Waals surface area contributed by atoms with Crippen molar-refractivity contribution in [2.24, 2.45) is 0 Å². The summed E-state index contributed by atoms with van der Waals surface area (Å²) in [6.07, 6.45) is 1.88. The van der Waals surface area contributed by atoms with E-state index in [1.54, 1.807) is 11.4 Å². The van der Waals surface area contributed by atoms with Crippen molar-refractivity contribution in [3.8, 4) is 0 Å². The number of likely N-dealkylation sites (tertiary alicyclic amines) is 1. The molecule has 1 aromatic rings. The number of sulfonamides is 1. The molecule has 0 aliphatic carbocycles. The van der Waals surface area contributed by atoms with E-state index in [2.05, 4.69) is 4.72 Å². The van der Waals surface area contributed by atoms with Gasteiger partial charge in [0, 0.05) is 6.54 Å². The minimum absolute atomic E-state index is 0.128. The van der Waals surface area contributed by atoms with Gasteiger partial charge in [-0.3, -0.25) is 4.79 Å². The highest BCUT2D eigenvalue weighted by molar-refractivity contribution is 7.91. The van der Waals surface area contributed by atoms with Crippen LogP contribution < -0.4 is 4.72 Å². The molecule has 2 N–H and O–H groups in total. The number of aliphatic carboxylic acids is 1. The molecule has 0 radical (unpaired) electrons. The predicted octanol–water partition coefficient (Wildman–Crippen LogP) is 0.492. The lowest BCUT2D eigenvalue weighted by Gasteiger charge is -2.32. The first-order chi connectivity index (χ1) is 9.92. The van der Waals surface area contributed by atoms with Gasteiger partial charge < -0.3 is 10.0 Å². The highest BCUT2D eigenvalue weighted by atomic mass is 32.2. The summed E-state index contributed by atoms with van der Waals surface area (Å²) in [5, 5.41) is 10.7. The average molecular weight is 332 g/mol. The Morgan fingerprint density at radius 2 is 2.19 bits per heavy atom. The highest BCUT2D eigenvalue weighted by Crippen LogP contribution is 2.18. The van der Waals surface area contributed by atoms with E-state index in [0.29, 0.717) is 13.0 Å². The van der Waals surface area contributed by atoms with E-state index in [1.807, 2.05) is 0 Å². The summed E-state index contributed by atoms with van der Waals surface area (Å²) in [4.78, 5) is 24.4. The van der Waals surface area contributed by atoms with E-state index in [-0.39, 0.29) is 4.21 Å². The number of thiophene rings is 1. The molecule has 2 rings (SSSR count). The van der Waals surface area contributed by atoms with Crippen LogP contribution in [0.5, 0.6) is 0 Å². The lowest BCUT2D eigenvalue weighted by Crippen LogP contribution is -2.51. The van der Waals surface area contributed by atoms with Crippen molar-refractivity contribution >= 4 is 33.2 Å². The molecule has 1 atom stereocenters. The lowest BCUT2D eigenvalue weighted by molar-refractivity contribution is -0.151. The number of hydrogen-bond donors (Lipinski definition) is 2. The predicted molar refractivity (Wildman–Crippen MR) is 76.5 cm³/mol. The second-order valence-corrected chi connectivity index (χ2v) is 7.64. The van der Waals surface area contributed by atoms with Crippen LogP contribution in [-0.4, -0.2) is 49.4 Å². The van der Waals surface area contributed by atoms with E-state index < -0.39 is 34.5 Å². The van der Waals surface area contributed by atoms with Gasteiger partial charge in [-0.05, 0) is 30.7 Å². The summed E-state index contributed by atoms with van der Waals surface area (Å²) < 4.78 is 26.2. The first-order valence-corrected chi connectivity index (χ1v) is 8.83. The largest absolute Gasteiger partial charge is 0.480 e. The molecule has 0 bridgehead atoms. The zero-order valence-corrected chi connectivity index (χ0v) is 12.8. The van der Waals surface area contributed by atoms with Gasteiger partial charge in [0.1, 0.15) is 10.3 Å². The standard InChI is InChI=1S/C12H16N2O5S2/c15-10(14-6-2-1-4-9(14)12(16)17)8-13-21(18,19)11-5-3-7-20-11/h3,5,7,9,13H,1-2,4,6,8H2,(H,16,17). The molecule has 21 heavy (non-hydrogen) atoms. The number of amides is 1. The summed E-state index contributed by atoms with van der Waals surface area (Å²) >= 11 is 1.05. The number of carbonyl (C=O) groups excluding carboxylic acids is 1. The highest BCUT2D eigenvalue weighted by Gasteiger charge is 2.32. The number of rotatable bonds is 5. The van der Waals surface area contributed by atoms with Crippen molar-refractivity contribution in [2.75, 3.05) is 13.1 Å². The van der Waals surface area contributed by atoms with Crippen LogP contribution >= 0.6 is 11.3 Å². The quantitative estimate of drug-likeness (QED) is 0.817. The summed E-state index contributed by atoms with van der Waals surface area (Å²) in [6.45, 7) is -0.0828. The van der Waals surface area contributed by atoms with E-state index >= 15 is 0 Å². The van der Waals surface area contributed by atoms with Gasteiger partial charge in [-0.15, -0.1) is 11.3 Å². The van der Waals surface area contributed by atoms with Crippen LogP contribution in [0.1, 0.15) is 19.3 Å². The fourth-order valence-electron chi connectivity index (χ4n) is 2.23. The number of carboxylic acid groups (broad SMARTS) is 1. The molecule has 0 saturated carbocycles. The van der Waals surface area contributed by atoms with Crippen molar-refractivity contribution in [2.45, 2.75) is 29.5 Å². The minimum atomic E-state index is -3.71.